The van der Waals surface area contributed by atoms with Crippen LogP contribution in [0, 0.1) is 0 Å². The fourth-order valence-corrected chi connectivity index (χ4v) is 1.68. The van der Waals surface area contributed by atoms with Crippen molar-refractivity contribution in [3.8, 4) is 0 Å². The largest absolute Gasteiger partial charge is 0.355 e. The van der Waals surface area contributed by atoms with E-state index in [4.69, 9.17) is 0 Å². The molecular weight excluding hydrogens is 276 g/mol. The molecule has 0 aliphatic carbocycles. The maximum atomic E-state index is 11.8. The molecule has 0 aromatic heterocycles. The third-order valence-corrected chi connectivity index (χ3v) is 2.73. The molecule has 0 saturated heterocycles. The number of benzene rings is 1. The summed E-state index contributed by atoms with van der Waals surface area (Å²) in [6.07, 6.45) is 1.60. The lowest BCUT2D eigenvalue weighted by molar-refractivity contribution is -0.121. The molecule has 20 heavy (non-hydrogen) atoms. The minimum absolute atomic E-state index is 0. The second-order valence-corrected chi connectivity index (χ2v) is 4.39. The van der Waals surface area contributed by atoms with Crippen molar-refractivity contribution in [2.75, 3.05) is 19.6 Å². The van der Waals surface area contributed by atoms with E-state index in [0.29, 0.717) is 12.1 Å². The van der Waals surface area contributed by atoms with Crippen molar-refractivity contribution in [3.05, 3.63) is 35.9 Å². The molecular formula is C15H23ClN2O2. The van der Waals surface area contributed by atoms with Gasteiger partial charge in [0, 0.05) is 31.5 Å². The molecule has 0 saturated carbocycles. The van der Waals surface area contributed by atoms with Crippen LogP contribution in [0.4, 0.5) is 0 Å². The van der Waals surface area contributed by atoms with E-state index < -0.39 is 0 Å². The summed E-state index contributed by atoms with van der Waals surface area (Å²) in [6.45, 7) is 4.44. The first kappa shape index (κ1) is 18.6. The topological polar surface area (TPSA) is 58.2 Å². The Morgan fingerprint density at radius 1 is 1.00 bits per heavy atom. The molecule has 0 aliphatic rings. The minimum atomic E-state index is -0.0671. The van der Waals surface area contributed by atoms with Crippen molar-refractivity contribution < 1.29 is 9.59 Å². The Morgan fingerprint density at radius 2 is 1.70 bits per heavy atom. The van der Waals surface area contributed by atoms with Crippen LogP contribution in [0.1, 0.15) is 36.5 Å². The number of hydrogen-bond acceptors (Lipinski definition) is 3. The van der Waals surface area contributed by atoms with Crippen molar-refractivity contribution in [2.24, 2.45) is 0 Å². The summed E-state index contributed by atoms with van der Waals surface area (Å²) >= 11 is 0. The van der Waals surface area contributed by atoms with Gasteiger partial charge in [0.1, 0.15) is 0 Å². The fraction of sp³-hybridized carbons (Fsp3) is 0.467. The number of rotatable bonds is 9. The molecule has 4 nitrogen and oxygen atoms in total. The highest BCUT2D eigenvalue weighted by Crippen LogP contribution is 2.04. The van der Waals surface area contributed by atoms with E-state index in [2.05, 4.69) is 17.6 Å². The number of halogens is 1. The van der Waals surface area contributed by atoms with Crippen LogP contribution in [-0.4, -0.2) is 31.3 Å². The maximum Gasteiger partial charge on any atom is 0.220 e. The van der Waals surface area contributed by atoms with Gasteiger partial charge in [-0.05, 0) is 13.0 Å². The zero-order valence-electron chi connectivity index (χ0n) is 11.9. The van der Waals surface area contributed by atoms with Gasteiger partial charge in [0.2, 0.25) is 5.91 Å². The van der Waals surface area contributed by atoms with Crippen molar-refractivity contribution in [1.29, 1.82) is 0 Å². The Morgan fingerprint density at radius 3 is 2.35 bits per heavy atom. The summed E-state index contributed by atoms with van der Waals surface area (Å²) in [6, 6.07) is 9.07. The molecule has 0 fully saturated rings. The van der Waals surface area contributed by atoms with Gasteiger partial charge in [-0.15, -0.1) is 12.4 Å². The van der Waals surface area contributed by atoms with Crippen LogP contribution < -0.4 is 10.6 Å². The predicted molar refractivity (Wildman–Crippen MR) is 83.4 cm³/mol. The summed E-state index contributed by atoms with van der Waals surface area (Å²) in [5.74, 6) is -0.0533. The lowest BCUT2D eigenvalue weighted by atomic mass is 10.1. The van der Waals surface area contributed by atoms with Crippen molar-refractivity contribution >= 4 is 24.1 Å². The lowest BCUT2D eigenvalue weighted by Crippen LogP contribution is -2.32. The standard InChI is InChI=1S/C15H22N2O2.ClH/c1-2-10-16-11-12-17-15(19)9-8-14(18)13-6-4-3-5-7-13;/h3-7,16H,2,8-12H2,1H3,(H,17,19);1H. The normalized spacial score (nSPS) is 9.65. The molecule has 0 aliphatic heterocycles. The van der Waals surface area contributed by atoms with E-state index in [1.807, 2.05) is 18.2 Å². The van der Waals surface area contributed by atoms with Gasteiger partial charge in [-0.1, -0.05) is 37.3 Å². The summed E-state index contributed by atoms with van der Waals surface area (Å²) in [5.41, 5.74) is 0.667. The summed E-state index contributed by atoms with van der Waals surface area (Å²) in [5, 5.41) is 5.99. The van der Waals surface area contributed by atoms with E-state index >= 15 is 0 Å². The third kappa shape index (κ3) is 7.92. The second-order valence-electron chi connectivity index (χ2n) is 4.39. The first-order valence-electron chi connectivity index (χ1n) is 6.79. The van der Waals surface area contributed by atoms with Gasteiger partial charge in [-0.2, -0.15) is 0 Å². The van der Waals surface area contributed by atoms with Crippen LogP contribution >= 0.6 is 12.4 Å². The van der Waals surface area contributed by atoms with E-state index in [0.717, 1.165) is 19.5 Å². The van der Waals surface area contributed by atoms with E-state index in [-0.39, 0.29) is 36.9 Å². The van der Waals surface area contributed by atoms with Crippen LogP contribution in [0.3, 0.4) is 0 Å². The molecule has 0 heterocycles. The number of ketones is 1. The molecule has 5 heteroatoms. The molecule has 2 N–H and O–H groups in total. The molecule has 1 rings (SSSR count). The monoisotopic (exact) mass is 298 g/mol. The summed E-state index contributed by atoms with van der Waals surface area (Å²) < 4.78 is 0. The highest BCUT2D eigenvalue weighted by Gasteiger charge is 2.08. The van der Waals surface area contributed by atoms with Gasteiger partial charge in [-0.25, -0.2) is 0 Å². The molecule has 0 atom stereocenters. The number of nitrogens with one attached hydrogen (secondary N) is 2. The zero-order valence-corrected chi connectivity index (χ0v) is 12.7. The van der Waals surface area contributed by atoms with Crippen LogP contribution in [0.5, 0.6) is 0 Å². The highest BCUT2D eigenvalue weighted by molar-refractivity contribution is 5.97. The zero-order chi connectivity index (χ0) is 13.9. The van der Waals surface area contributed by atoms with Crippen molar-refractivity contribution in [3.63, 3.8) is 0 Å². The Labute approximate surface area is 126 Å². The van der Waals surface area contributed by atoms with Crippen LogP contribution in [0.2, 0.25) is 0 Å². The van der Waals surface area contributed by atoms with Gasteiger partial charge in [-0.3, -0.25) is 9.59 Å². The quantitative estimate of drug-likeness (QED) is 0.543. The number of carbonyl (C=O) groups excluding carboxylic acids is 2. The third-order valence-electron chi connectivity index (χ3n) is 2.73. The van der Waals surface area contributed by atoms with Crippen molar-refractivity contribution in [2.45, 2.75) is 26.2 Å². The molecule has 0 radical (unpaired) electrons. The second kappa shape index (κ2) is 11.4. The predicted octanol–water partition coefficient (Wildman–Crippen LogP) is 2.19. The average Bonchev–Trinajstić information content (AvgIpc) is 2.45. The molecule has 112 valence electrons. The Balaban J connectivity index is 0.00000361. The Hall–Kier alpha value is -1.39. The maximum absolute atomic E-state index is 11.8. The molecule has 0 spiro atoms. The number of Topliss-reactive ketones (excluding diaryl/α,β-unsaturated/α-hetero) is 1. The van der Waals surface area contributed by atoms with E-state index in [1.165, 1.54) is 0 Å². The van der Waals surface area contributed by atoms with Crippen LogP contribution in [-0.2, 0) is 4.79 Å². The first-order chi connectivity index (χ1) is 9.24. The van der Waals surface area contributed by atoms with Crippen molar-refractivity contribution in [1.82, 2.24) is 10.6 Å². The smallest absolute Gasteiger partial charge is 0.220 e. The van der Waals surface area contributed by atoms with Gasteiger partial charge in [0.25, 0.3) is 0 Å². The Bertz CT molecular complexity index is 396. The highest BCUT2D eigenvalue weighted by atomic mass is 35.5. The lowest BCUT2D eigenvalue weighted by Gasteiger charge is -2.06. The van der Waals surface area contributed by atoms with E-state index in [9.17, 15) is 9.59 Å². The number of carbonyl (C=O) groups is 2. The minimum Gasteiger partial charge on any atom is -0.355 e. The molecule has 0 bridgehead atoms. The number of hydrogen-bond donors (Lipinski definition) is 2. The van der Waals surface area contributed by atoms with Gasteiger partial charge < -0.3 is 10.6 Å². The summed E-state index contributed by atoms with van der Waals surface area (Å²) in [4.78, 5) is 23.3. The van der Waals surface area contributed by atoms with Gasteiger partial charge >= 0.3 is 0 Å². The fourth-order valence-electron chi connectivity index (χ4n) is 1.68. The van der Waals surface area contributed by atoms with Gasteiger partial charge in [0.05, 0.1) is 0 Å². The summed E-state index contributed by atoms with van der Waals surface area (Å²) in [7, 11) is 0. The Kier molecular flexibility index (Phi) is 10.6. The molecule has 0 unspecified atom stereocenters. The van der Waals surface area contributed by atoms with Crippen LogP contribution in [0.25, 0.3) is 0 Å². The number of amides is 1. The SMILES string of the molecule is CCCNCCNC(=O)CCC(=O)c1ccccc1.Cl. The first-order valence-corrected chi connectivity index (χ1v) is 6.79. The molecule has 1 amide bonds. The van der Waals surface area contributed by atoms with E-state index in [1.54, 1.807) is 12.1 Å². The molecule has 1 aromatic carbocycles. The van der Waals surface area contributed by atoms with Gasteiger partial charge in [0.15, 0.2) is 5.78 Å². The molecule has 1 aromatic rings. The van der Waals surface area contributed by atoms with Crippen LogP contribution in [0.15, 0.2) is 30.3 Å². The average molecular weight is 299 g/mol.